The van der Waals surface area contributed by atoms with E-state index >= 15 is 0 Å². The Kier molecular flexibility index (Phi) is 8.01. The number of rotatable bonds is 11. The standard InChI is InChI=1S/C21H29BrO5/c1-3-4-5-6-9-12-15-20(25)16(18(24)21(22)19(20)27-21)13-10-7-8-11-14-17(23)26-2/h7,9-10,12-13,19,25H,3-6,8,11,14-15H2,1-2H3/b10-7-,12-9-,16-13-. The highest BCUT2D eigenvalue weighted by molar-refractivity contribution is 9.10. The van der Waals surface area contributed by atoms with E-state index in [1.807, 2.05) is 12.2 Å². The minimum Gasteiger partial charge on any atom is -0.469 e. The van der Waals surface area contributed by atoms with Crippen molar-refractivity contribution in [1.82, 2.24) is 0 Å². The Morgan fingerprint density at radius 2 is 2.00 bits per heavy atom. The molecular weight excluding hydrogens is 412 g/mol. The second-order valence-corrected chi connectivity index (χ2v) is 8.22. The summed E-state index contributed by atoms with van der Waals surface area (Å²) in [5.74, 6) is -0.445. The molecule has 1 aliphatic carbocycles. The normalized spacial score (nSPS) is 31.2. The number of allylic oxidation sites excluding steroid dienone is 4. The second kappa shape index (κ2) is 9.80. The zero-order chi connectivity index (χ0) is 19.9. The predicted molar refractivity (Wildman–Crippen MR) is 107 cm³/mol. The number of carbonyl (C=O) groups excluding carboxylic acids is 2. The molecule has 150 valence electrons. The topological polar surface area (TPSA) is 76.1 Å². The van der Waals surface area contributed by atoms with Gasteiger partial charge in [0, 0.05) is 18.4 Å². The number of epoxide rings is 1. The highest BCUT2D eigenvalue weighted by atomic mass is 79.9. The van der Waals surface area contributed by atoms with Gasteiger partial charge in [0.25, 0.3) is 0 Å². The lowest BCUT2D eigenvalue weighted by atomic mass is 9.90. The number of hydrogen-bond acceptors (Lipinski definition) is 5. The number of ether oxygens (including phenoxy) is 2. The lowest BCUT2D eigenvalue weighted by Gasteiger charge is -2.23. The maximum Gasteiger partial charge on any atom is 0.305 e. The Bertz CT molecular complexity index is 638. The summed E-state index contributed by atoms with van der Waals surface area (Å²) >= 11 is 3.33. The van der Waals surface area contributed by atoms with Crippen LogP contribution in [0.2, 0.25) is 0 Å². The molecule has 2 rings (SSSR count). The number of methoxy groups -OCH3 is 1. The number of fused-ring (bicyclic) bond motifs is 1. The summed E-state index contributed by atoms with van der Waals surface area (Å²) in [7, 11) is 1.37. The number of alkyl halides is 1. The van der Waals surface area contributed by atoms with Gasteiger partial charge in [-0.05, 0) is 41.6 Å². The van der Waals surface area contributed by atoms with Crippen molar-refractivity contribution in [3.8, 4) is 0 Å². The smallest absolute Gasteiger partial charge is 0.305 e. The van der Waals surface area contributed by atoms with E-state index in [4.69, 9.17) is 4.74 Å². The average Bonchev–Trinajstić information content (AvgIpc) is 3.33. The Morgan fingerprint density at radius 1 is 1.26 bits per heavy atom. The molecule has 0 aromatic heterocycles. The van der Waals surface area contributed by atoms with E-state index in [0.717, 1.165) is 12.8 Å². The molecule has 0 spiro atoms. The molecule has 1 N–H and O–H groups in total. The van der Waals surface area contributed by atoms with Crippen LogP contribution in [0.15, 0.2) is 36.0 Å². The summed E-state index contributed by atoms with van der Waals surface area (Å²) in [5.41, 5.74) is -0.934. The van der Waals surface area contributed by atoms with Crippen LogP contribution in [0.25, 0.3) is 0 Å². The van der Waals surface area contributed by atoms with Crippen molar-refractivity contribution in [3.63, 3.8) is 0 Å². The van der Waals surface area contributed by atoms with E-state index in [0.29, 0.717) is 31.3 Å². The quantitative estimate of drug-likeness (QED) is 0.130. The van der Waals surface area contributed by atoms with Crippen LogP contribution in [0.1, 0.15) is 58.3 Å². The van der Waals surface area contributed by atoms with Gasteiger partial charge in [0.1, 0.15) is 11.7 Å². The molecule has 3 unspecified atom stereocenters. The first kappa shape index (κ1) is 22.1. The third-order valence-electron chi connectivity index (χ3n) is 4.97. The molecule has 1 saturated carbocycles. The third kappa shape index (κ3) is 5.18. The maximum absolute atomic E-state index is 12.6. The van der Waals surface area contributed by atoms with Gasteiger partial charge in [-0.15, -0.1) is 0 Å². The van der Waals surface area contributed by atoms with Crippen LogP contribution in [-0.4, -0.2) is 40.2 Å². The Labute approximate surface area is 169 Å². The van der Waals surface area contributed by atoms with Gasteiger partial charge in [-0.2, -0.15) is 0 Å². The number of carbonyl (C=O) groups is 2. The summed E-state index contributed by atoms with van der Waals surface area (Å²) in [4.78, 5) is 23.7. The Balaban J connectivity index is 1.95. The molecule has 0 radical (unpaired) electrons. The highest BCUT2D eigenvalue weighted by Crippen LogP contribution is 2.60. The summed E-state index contributed by atoms with van der Waals surface area (Å²) in [6.07, 6.45) is 15.3. The van der Waals surface area contributed by atoms with Gasteiger partial charge in [-0.25, -0.2) is 0 Å². The zero-order valence-corrected chi connectivity index (χ0v) is 17.7. The van der Waals surface area contributed by atoms with Crippen LogP contribution in [0.4, 0.5) is 0 Å². The van der Waals surface area contributed by atoms with Gasteiger partial charge in [0.05, 0.1) is 7.11 Å². The van der Waals surface area contributed by atoms with E-state index < -0.39 is 16.2 Å². The van der Waals surface area contributed by atoms with Gasteiger partial charge in [0.15, 0.2) is 0 Å². The van der Waals surface area contributed by atoms with Gasteiger partial charge < -0.3 is 14.6 Å². The third-order valence-corrected chi connectivity index (χ3v) is 5.94. The zero-order valence-electron chi connectivity index (χ0n) is 16.1. The molecule has 1 aliphatic heterocycles. The van der Waals surface area contributed by atoms with Crippen LogP contribution in [0.5, 0.6) is 0 Å². The molecule has 5 nitrogen and oxygen atoms in total. The van der Waals surface area contributed by atoms with Gasteiger partial charge >= 0.3 is 5.97 Å². The predicted octanol–water partition coefficient (Wildman–Crippen LogP) is 4.14. The van der Waals surface area contributed by atoms with Gasteiger partial charge in [0.2, 0.25) is 10.3 Å². The number of hydrogen-bond donors (Lipinski definition) is 1. The van der Waals surface area contributed by atoms with Crippen molar-refractivity contribution < 1.29 is 24.2 Å². The summed E-state index contributed by atoms with van der Waals surface area (Å²) in [6.45, 7) is 2.16. The number of halogens is 1. The van der Waals surface area contributed by atoms with Crippen molar-refractivity contribution in [2.75, 3.05) is 7.11 Å². The van der Waals surface area contributed by atoms with Crippen LogP contribution < -0.4 is 0 Å². The van der Waals surface area contributed by atoms with Crippen molar-refractivity contribution in [3.05, 3.63) is 36.0 Å². The monoisotopic (exact) mass is 440 g/mol. The van der Waals surface area contributed by atoms with Crippen LogP contribution in [0.3, 0.4) is 0 Å². The summed E-state index contributed by atoms with van der Waals surface area (Å²) in [6, 6.07) is 0. The van der Waals surface area contributed by atoms with Crippen molar-refractivity contribution >= 4 is 27.7 Å². The molecular formula is C21H29BrO5. The number of unbranched alkanes of at least 4 members (excludes halogenated alkanes) is 4. The average molecular weight is 441 g/mol. The molecule has 0 bridgehead atoms. The van der Waals surface area contributed by atoms with Crippen LogP contribution in [0, 0.1) is 0 Å². The SMILES string of the molecule is CCCCC/C=C\CC1(O)/C(=C\C=C/CCCC(=O)OC)C(=O)C2(Br)OC21. The van der Waals surface area contributed by atoms with Crippen LogP contribution in [-0.2, 0) is 19.1 Å². The molecule has 6 heteroatoms. The first-order valence-electron chi connectivity index (χ1n) is 9.63. The first-order valence-corrected chi connectivity index (χ1v) is 10.4. The molecule has 0 amide bonds. The number of aliphatic hydroxyl groups is 1. The van der Waals surface area contributed by atoms with E-state index in [1.54, 1.807) is 12.2 Å². The van der Waals surface area contributed by atoms with Gasteiger partial charge in [-0.1, -0.05) is 50.1 Å². The molecule has 3 atom stereocenters. The van der Waals surface area contributed by atoms with Gasteiger partial charge in [-0.3, -0.25) is 9.59 Å². The summed E-state index contributed by atoms with van der Waals surface area (Å²) < 4.78 is 8.97. The summed E-state index contributed by atoms with van der Waals surface area (Å²) in [5, 5.41) is 11.1. The number of ketones is 1. The van der Waals surface area contributed by atoms with E-state index in [-0.39, 0.29) is 11.8 Å². The first-order chi connectivity index (χ1) is 12.9. The largest absolute Gasteiger partial charge is 0.469 e. The molecule has 1 saturated heterocycles. The molecule has 0 aromatic carbocycles. The van der Waals surface area contributed by atoms with Crippen molar-refractivity contribution in [2.45, 2.75) is 74.5 Å². The molecule has 27 heavy (non-hydrogen) atoms. The fourth-order valence-electron chi connectivity index (χ4n) is 3.29. The Hall–Kier alpha value is -1.24. The highest BCUT2D eigenvalue weighted by Gasteiger charge is 2.77. The molecule has 1 heterocycles. The lowest BCUT2D eigenvalue weighted by molar-refractivity contribution is -0.140. The molecule has 0 aromatic rings. The lowest BCUT2D eigenvalue weighted by Crippen LogP contribution is -2.35. The molecule has 2 fully saturated rings. The minimum atomic E-state index is -1.31. The van der Waals surface area contributed by atoms with Crippen molar-refractivity contribution in [2.24, 2.45) is 0 Å². The van der Waals surface area contributed by atoms with Crippen molar-refractivity contribution in [1.29, 1.82) is 0 Å². The fourth-order valence-corrected chi connectivity index (χ4v) is 4.07. The number of esters is 1. The minimum absolute atomic E-state index is 0.214. The Morgan fingerprint density at radius 3 is 2.70 bits per heavy atom. The van der Waals surface area contributed by atoms with E-state index in [2.05, 4.69) is 33.7 Å². The van der Waals surface area contributed by atoms with Crippen LogP contribution >= 0.6 is 15.9 Å². The van der Waals surface area contributed by atoms with E-state index in [9.17, 15) is 14.7 Å². The molecule has 2 aliphatic rings. The number of Topliss-reactive ketones (excluding diaryl/α,β-unsaturated/α-hetero) is 1. The van der Waals surface area contributed by atoms with E-state index in [1.165, 1.54) is 20.0 Å². The maximum atomic E-state index is 12.6. The fraction of sp³-hybridized carbons (Fsp3) is 0.619. The second-order valence-electron chi connectivity index (χ2n) is 7.04.